The van der Waals surface area contributed by atoms with Gasteiger partial charge in [-0.25, -0.2) is 4.79 Å². The van der Waals surface area contributed by atoms with Gasteiger partial charge in [0.15, 0.2) is 0 Å². The van der Waals surface area contributed by atoms with Gasteiger partial charge in [-0.1, -0.05) is 6.07 Å². The number of rotatable bonds is 4. The van der Waals surface area contributed by atoms with Crippen LogP contribution in [0.25, 0.3) is 0 Å². The number of hydrogen-bond donors (Lipinski definition) is 2. The van der Waals surface area contributed by atoms with Gasteiger partial charge in [-0.05, 0) is 39.3 Å². The number of benzene rings is 1. The van der Waals surface area contributed by atoms with Gasteiger partial charge in [0.05, 0.1) is 5.69 Å². The lowest BCUT2D eigenvalue weighted by atomic mass is 10.2. The van der Waals surface area contributed by atoms with Gasteiger partial charge in [0.2, 0.25) is 0 Å². The summed E-state index contributed by atoms with van der Waals surface area (Å²) in [6, 6.07) is 5.47. The smallest absolute Gasteiger partial charge is 0.412 e. The number of hydrogen-bond acceptors (Lipinski definition) is 4. The van der Waals surface area contributed by atoms with E-state index in [1.54, 1.807) is 6.07 Å². The molecule has 1 rings (SSSR count). The van der Waals surface area contributed by atoms with Crippen LogP contribution >= 0.6 is 0 Å². The van der Waals surface area contributed by atoms with Gasteiger partial charge in [0.1, 0.15) is 18.0 Å². The number of carbonyl (C=O) groups is 1. The van der Waals surface area contributed by atoms with Crippen LogP contribution in [0, 0.1) is 6.92 Å². The summed E-state index contributed by atoms with van der Waals surface area (Å²) < 4.78 is 10.6. The second kappa shape index (κ2) is 6.43. The molecule has 3 N–H and O–H groups in total. The van der Waals surface area contributed by atoms with Crippen molar-refractivity contribution >= 4 is 11.8 Å². The number of amides is 1. The van der Waals surface area contributed by atoms with Gasteiger partial charge in [-0.2, -0.15) is 0 Å². The average molecular weight is 266 g/mol. The Balaban J connectivity index is 2.73. The summed E-state index contributed by atoms with van der Waals surface area (Å²) in [5.74, 6) is 0.669. The predicted molar refractivity (Wildman–Crippen MR) is 75.6 cm³/mol. The standard InChI is InChI=1S/C14H22N2O3/c1-10-5-6-11(18-8-7-15)9-12(10)16-13(17)19-14(2,3)4/h5-6,9H,7-8,15H2,1-4H3,(H,16,17). The minimum absolute atomic E-state index is 0.439. The average Bonchev–Trinajstić information content (AvgIpc) is 2.27. The Kier molecular flexibility index (Phi) is 5.18. The van der Waals surface area contributed by atoms with Gasteiger partial charge < -0.3 is 15.2 Å². The largest absolute Gasteiger partial charge is 0.492 e. The maximum atomic E-state index is 11.7. The third-order valence-corrected chi connectivity index (χ3v) is 2.23. The highest BCUT2D eigenvalue weighted by Crippen LogP contribution is 2.22. The molecule has 0 aliphatic carbocycles. The number of nitrogens with one attached hydrogen (secondary N) is 1. The Morgan fingerprint density at radius 1 is 1.37 bits per heavy atom. The van der Waals surface area contributed by atoms with Crippen LogP contribution in [-0.4, -0.2) is 24.8 Å². The van der Waals surface area contributed by atoms with Crippen molar-refractivity contribution in [3.63, 3.8) is 0 Å². The molecule has 0 aliphatic rings. The fraction of sp³-hybridized carbons (Fsp3) is 0.500. The molecule has 0 saturated carbocycles. The first-order chi connectivity index (χ1) is 8.81. The molecule has 0 fully saturated rings. The predicted octanol–water partition coefficient (Wildman–Crippen LogP) is 2.68. The molecule has 5 heteroatoms. The number of carbonyl (C=O) groups excluding carboxylic acids is 1. The third kappa shape index (κ3) is 5.61. The summed E-state index contributed by atoms with van der Waals surface area (Å²) in [6.45, 7) is 8.25. The van der Waals surface area contributed by atoms with Gasteiger partial charge in [0.25, 0.3) is 0 Å². The molecule has 1 aromatic carbocycles. The molecule has 0 aromatic heterocycles. The van der Waals surface area contributed by atoms with E-state index in [-0.39, 0.29) is 0 Å². The molecule has 0 atom stereocenters. The number of ether oxygens (including phenoxy) is 2. The molecule has 106 valence electrons. The van der Waals surface area contributed by atoms with E-state index in [9.17, 15) is 4.79 Å². The van der Waals surface area contributed by atoms with Gasteiger partial charge in [0, 0.05) is 12.6 Å². The molecular weight excluding hydrogens is 244 g/mol. The zero-order valence-electron chi connectivity index (χ0n) is 11.9. The van der Waals surface area contributed by atoms with E-state index >= 15 is 0 Å². The SMILES string of the molecule is Cc1ccc(OCCN)cc1NC(=O)OC(C)(C)C. The topological polar surface area (TPSA) is 73.6 Å². The molecule has 0 radical (unpaired) electrons. The van der Waals surface area contributed by atoms with Crippen LogP contribution in [0.3, 0.4) is 0 Å². The van der Waals surface area contributed by atoms with E-state index in [1.165, 1.54) is 0 Å². The Morgan fingerprint density at radius 2 is 2.05 bits per heavy atom. The lowest BCUT2D eigenvalue weighted by Crippen LogP contribution is -2.27. The van der Waals surface area contributed by atoms with Crippen LogP contribution < -0.4 is 15.8 Å². The van der Waals surface area contributed by atoms with E-state index in [4.69, 9.17) is 15.2 Å². The van der Waals surface area contributed by atoms with Crippen LogP contribution in [0.5, 0.6) is 5.75 Å². The van der Waals surface area contributed by atoms with Gasteiger partial charge in [-0.3, -0.25) is 5.32 Å². The first-order valence-electron chi connectivity index (χ1n) is 6.25. The van der Waals surface area contributed by atoms with Crippen LogP contribution in [0.1, 0.15) is 26.3 Å². The first kappa shape index (κ1) is 15.3. The van der Waals surface area contributed by atoms with Crippen LogP contribution in [0.4, 0.5) is 10.5 Å². The summed E-state index contributed by atoms with van der Waals surface area (Å²) in [5.41, 5.74) is 6.46. The summed E-state index contributed by atoms with van der Waals surface area (Å²) in [5, 5.41) is 2.71. The molecule has 1 amide bonds. The van der Waals surface area contributed by atoms with Crippen molar-refractivity contribution in [2.75, 3.05) is 18.5 Å². The highest BCUT2D eigenvalue weighted by molar-refractivity contribution is 5.86. The van der Waals surface area contributed by atoms with Crippen LogP contribution in [-0.2, 0) is 4.74 Å². The zero-order chi connectivity index (χ0) is 14.5. The maximum absolute atomic E-state index is 11.7. The monoisotopic (exact) mass is 266 g/mol. The molecular formula is C14H22N2O3. The number of anilines is 1. The first-order valence-corrected chi connectivity index (χ1v) is 6.25. The fourth-order valence-electron chi connectivity index (χ4n) is 1.42. The maximum Gasteiger partial charge on any atom is 0.412 e. The highest BCUT2D eigenvalue weighted by Gasteiger charge is 2.16. The second-order valence-electron chi connectivity index (χ2n) is 5.24. The van der Waals surface area contributed by atoms with Crippen molar-refractivity contribution in [2.24, 2.45) is 5.73 Å². The molecule has 0 bridgehead atoms. The van der Waals surface area contributed by atoms with Crippen molar-refractivity contribution < 1.29 is 14.3 Å². The molecule has 0 aliphatic heterocycles. The van der Waals surface area contributed by atoms with E-state index in [1.807, 2.05) is 39.8 Å². The Bertz CT molecular complexity index is 439. The molecule has 0 saturated heterocycles. The number of nitrogens with two attached hydrogens (primary N) is 1. The summed E-state index contributed by atoms with van der Waals surface area (Å²) >= 11 is 0. The van der Waals surface area contributed by atoms with Crippen molar-refractivity contribution in [3.8, 4) is 5.75 Å². The third-order valence-electron chi connectivity index (χ3n) is 2.23. The lowest BCUT2D eigenvalue weighted by molar-refractivity contribution is 0.0636. The Hall–Kier alpha value is -1.75. The highest BCUT2D eigenvalue weighted by atomic mass is 16.6. The van der Waals surface area contributed by atoms with E-state index in [2.05, 4.69) is 5.32 Å². The summed E-state index contributed by atoms with van der Waals surface area (Å²) in [4.78, 5) is 11.7. The Morgan fingerprint density at radius 3 is 2.63 bits per heavy atom. The summed E-state index contributed by atoms with van der Waals surface area (Å²) in [6.07, 6.45) is -0.480. The second-order valence-corrected chi connectivity index (χ2v) is 5.24. The molecule has 0 heterocycles. The Labute approximate surface area is 114 Å². The minimum Gasteiger partial charge on any atom is -0.492 e. The normalized spacial score (nSPS) is 11.0. The summed E-state index contributed by atoms with van der Waals surface area (Å²) in [7, 11) is 0. The molecule has 5 nitrogen and oxygen atoms in total. The van der Waals surface area contributed by atoms with Crippen LogP contribution in [0.2, 0.25) is 0 Å². The van der Waals surface area contributed by atoms with E-state index in [0.717, 1.165) is 5.56 Å². The fourth-order valence-corrected chi connectivity index (χ4v) is 1.42. The van der Waals surface area contributed by atoms with Crippen molar-refractivity contribution in [3.05, 3.63) is 23.8 Å². The quantitative estimate of drug-likeness (QED) is 0.878. The molecule has 0 unspecified atom stereocenters. The van der Waals surface area contributed by atoms with Crippen LogP contribution in [0.15, 0.2) is 18.2 Å². The molecule has 0 spiro atoms. The van der Waals surface area contributed by atoms with Gasteiger partial charge >= 0.3 is 6.09 Å². The zero-order valence-corrected chi connectivity index (χ0v) is 11.9. The minimum atomic E-state index is -0.522. The van der Waals surface area contributed by atoms with Gasteiger partial charge in [-0.15, -0.1) is 0 Å². The lowest BCUT2D eigenvalue weighted by Gasteiger charge is -2.20. The number of aryl methyl sites for hydroxylation is 1. The van der Waals surface area contributed by atoms with Crippen molar-refractivity contribution in [1.29, 1.82) is 0 Å². The van der Waals surface area contributed by atoms with E-state index < -0.39 is 11.7 Å². The van der Waals surface area contributed by atoms with Crippen molar-refractivity contribution in [2.45, 2.75) is 33.3 Å². The molecule has 19 heavy (non-hydrogen) atoms. The van der Waals surface area contributed by atoms with Crippen molar-refractivity contribution in [1.82, 2.24) is 0 Å². The van der Waals surface area contributed by atoms with E-state index in [0.29, 0.717) is 24.6 Å². The molecule has 1 aromatic rings.